The fraction of sp³-hybridized carbons (Fsp3) is 0.176. The number of benzene rings is 1. The molecule has 148 valence electrons. The molecule has 1 N–H and O–H groups in total. The van der Waals surface area contributed by atoms with Crippen molar-refractivity contribution in [3.05, 3.63) is 40.7 Å². The van der Waals surface area contributed by atoms with E-state index in [-0.39, 0.29) is 43.2 Å². The third kappa shape index (κ3) is 3.85. The maximum atomic E-state index is 13.9. The Morgan fingerprint density at radius 3 is 2.54 bits per heavy atom. The molecular weight excluding hydrogens is 422 g/mol. The largest absolute Gasteiger partial charge is 0.505 e. The number of carbonyl (C=O) groups is 2. The third-order valence-corrected chi connectivity index (χ3v) is 5.61. The van der Waals surface area contributed by atoms with Crippen molar-refractivity contribution >= 4 is 45.9 Å². The average molecular weight is 433 g/mol. The number of ether oxygens (including phenoxy) is 1. The fourth-order valence-electron chi connectivity index (χ4n) is 2.64. The van der Waals surface area contributed by atoms with E-state index in [4.69, 9.17) is 4.74 Å². The maximum absolute atomic E-state index is 13.9. The summed E-state index contributed by atoms with van der Waals surface area (Å²) in [5.41, 5.74) is -4.35. The number of carbonyl (C=O) groups excluding carboxylic acids is 2. The highest BCUT2D eigenvalue weighted by Crippen LogP contribution is 2.41. The smallest absolute Gasteiger partial charge is 0.447 e. The van der Waals surface area contributed by atoms with Gasteiger partial charge in [0.05, 0.1) is 20.3 Å². The van der Waals surface area contributed by atoms with Gasteiger partial charge in [-0.05, 0) is 36.9 Å². The molecule has 0 atom stereocenters. The predicted octanol–water partition coefficient (Wildman–Crippen LogP) is 5.08. The van der Waals surface area contributed by atoms with Crippen molar-refractivity contribution in [3.63, 3.8) is 0 Å². The van der Waals surface area contributed by atoms with Gasteiger partial charge >= 0.3 is 11.5 Å². The second kappa shape index (κ2) is 7.13. The lowest BCUT2D eigenvalue weighted by Gasteiger charge is -2.06. The lowest BCUT2D eigenvalue weighted by Crippen LogP contribution is -2.12. The van der Waals surface area contributed by atoms with E-state index >= 15 is 0 Å². The molecule has 3 aromatic rings. The molecule has 0 fully saturated rings. The molecule has 2 heterocycles. The Balaban J connectivity index is 2.14. The molecule has 0 saturated heterocycles. The molecule has 0 aliphatic heterocycles. The molecule has 11 heteroatoms. The van der Waals surface area contributed by atoms with E-state index < -0.39 is 29.0 Å². The van der Waals surface area contributed by atoms with E-state index in [1.165, 1.54) is 13.0 Å². The summed E-state index contributed by atoms with van der Waals surface area (Å²) in [6.45, 7) is 2.57. The highest BCUT2D eigenvalue weighted by Gasteiger charge is 2.31. The van der Waals surface area contributed by atoms with E-state index in [0.717, 1.165) is 29.7 Å². The summed E-state index contributed by atoms with van der Waals surface area (Å²) >= 11 is 0.287. The lowest BCUT2D eigenvalue weighted by molar-refractivity contribution is -0.131. The third-order valence-electron chi connectivity index (χ3n) is 3.67. The summed E-state index contributed by atoms with van der Waals surface area (Å²) in [6.07, 6.45) is 0. The first-order valence-corrected chi connectivity index (χ1v) is 9.23. The Hall–Kier alpha value is -2.53. The van der Waals surface area contributed by atoms with Crippen LogP contribution in [0.25, 0.3) is 10.9 Å². The van der Waals surface area contributed by atoms with Crippen molar-refractivity contribution in [2.75, 3.05) is 0 Å². The molecule has 0 spiro atoms. The van der Waals surface area contributed by atoms with Crippen LogP contribution in [0, 0.1) is 12.7 Å². The van der Waals surface area contributed by atoms with Crippen LogP contribution in [0.2, 0.25) is 0 Å². The summed E-state index contributed by atoms with van der Waals surface area (Å²) in [5.74, 6) is -3.17. The van der Waals surface area contributed by atoms with Crippen molar-refractivity contribution in [1.82, 2.24) is 4.57 Å². The van der Waals surface area contributed by atoms with Gasteiger partial charge in [-0.25, -0.2) is 4.39 Å². The molecule has 28 heavy (non-hydrogen) atoms. The van der Waals surface area contributed by atoms with E-state index in [0.29, 0.717) is 11.3 Å². The number of alkyl halides is 3. The van der Waals surface area contributed by atoms with Crippen LogP contribution in [0.4, 0.5) is 17.6 Å². The summed E-state index contributed by atoms with van der Waals surface area (Å²) in [6, 6.07) is 4.30. The molecule has 0 saturated carbocycles. The van der Waals surface area contributed by atoms with Crippen LogP contribution in [-0.2, 0) is 4.79 Å². The van der Waals surface area contributed by atoms with Crippen LogP contribution in [0.5, 0.6) is 11.5 Å². The second-order valence-corrected chi connectivity index (χ2v) is 8.09. The number of fused-ring (bicyclic) bond motifs is 1. The zero-order valence-corrected chi connectivity index (χ0v) is 15.9. The van der Waals surface area contributed by atoms with Crippen LogP contribution in [0.15, 0.2) is 28.5 Å². The van der Waals surface area contributed by atoms with Gasteiger partial charge < -0.3 is 9.84 Å². The normalized spacial score (nSPS) is 11.8. The van der Waals surface area contributed by atoms with E-state index in [2.05, 4.69) is 0 Å². The highest BCUT2D eigenvalue weighted by molar-refractivity contribution is 8.02. The first kappa shape index (κ1) is 20.2. The lowest BCUT2D eigenvalue weighted by atomic mass is 10.2. The van der Waals surface area contributed by atoms with E-state index in [1.807, 2.05) is 0 Å². The van der Waals surface area contributed by atoms with E-state index in [1.54, 1.807) is 0 Å². The summed E-state index contributed by atoms with van der Waals surface area (Å²) in [5, 5.41) is 9.74. The molecular formula is C17H11F4NO4S2. The molecule has 2 aromatic heterocycles. The minimum Gasteiger partial charge on any atom is -0.505 e. The standard InChI is InChI=1S/C17H11F4NO4S2/c1-7-15(26-8(2)23)9-5-12(24)10(18)6-11(9)22(7)16(25)13-3-4-14(27-13)28-17(19,20)21/h3-6,24H,1-2H3. The van der Waals surface area contributed by atoms with Gasteiger partial charge in [0, 0.05) is 18.4 Å². The summed E-state index contributed by atoms with van der Waals surface area (Å²) in [4.78, 5) is 24.3. The molecule has 0 aliphatic rings. The number of thioether (sulfide) groups is 1. The molecule has 0 unspecified atom stereocenters. The number of phenolic OH excluding ortho intramolecular Hbond substituents is 1. The topological polar surface area (TPSA) is 68.5 Å². The quantitative estimate of drug-likeness (QED) is 0.354. The van der Waals surface area contributed by atoms with E-state index in [9.17, 15) is 32.3 Å². The Morgan fingerprint density at radius 2 is 1.93 bits per heavy atom. The number of halogens is 4. The Kier molecular flexibility index (Phi) is 5.15. The molecule has 1 aromatic carbocycles. The van der Waals surface area contributed by atoms with Crippen molar-refractivity contribution in [2.24, 2.45) is 0 Å². The van der Waals surface area contributed by atoms with Crippen LogP contribution in [-0.4, -0.2) is 27.1 Å². The minimum absolute atomic E-state index is 0.00692. The Morgan fingerprint density at radius 1 is 1.25 bits per heavy atom. The number of rotatable bonds is 3. The molecule has 0 radical (unpaired) electrons. The zero-order chi connectivity index (χ0) is 20.8. The Labute approximate surface area is 163 Å². The number of aromatic nitrogens is 1. The zero-order valence-electron chi connectivity index (χ0n) is 14.3. The van der Waals surface area contributed by atoms with Crippen LogP contribution >= 0.6 is 23.1 Å². The van der Waals surface area contributed by atoms with Crippen molar-refractivity contribution in [3.8, 4) is 11.5 Å². The summed E-state index contributed by atoms with van der Waals surface area (Å²) < 4.78 is 57.4. The minimum atomic E-state index is -4.50. The van der Waals surface area contributed by atoms with Gasteiger partial charge in [-0.1, -0.05) is 0 Å². The van der Waals surface area contributed by atoms with Gasteiger partial charge in [0.1, 0.15) is 0 Å². The summed E-state index contributed by atoms with van der Waals surface area (Å²) in [7, 11) is 0. The molecule has 3 rings (SSSR count). The van der Waals surface area contributed by atoms with Gasteiger partial charge in [0.2, 0.25) is 0 Å². The van der Waals surface area contributed by atoms with Gasteiger partial charge in [-0.3, -0.25) is 14.2 Å². The number of esters is 1. The molecule has 0 bridgehead atoms. The fourth-order valence-corrected chi connectivity index (χ4v) is 4.39. The SMILES string of the molecule is CC(=O)Oc1c(C)n(C(=O)c2ccc(SC(F)(F)F)s2)c2cc(F)c(O)cc12. The number of thiophene rings is 1. The van der Waals surface area contributed by atoms with Crippen LogP contribution in [0.3, 0.4) is 0 Å². The number of phenols is 1. The van der Waals surface area contributed by atoms with Crippen LogP contribution in [0.1, 0.15) is 22.3 Å². The number of hydrogen-bond acceptors (Lipinski definition) is 6. The van der Waals surface area contributed by atoms with Gasteiger partial charge in [-0.2, -0.15) is 13.2 Å². The van der Waals surface area contributed by atoms with Gasteiger partial charge in [0.15, 0.2) is 17.3 Å². The number of hydrogen-bond donors (Lipinski definition) is 1. The molecule has 0 amide bonds. The Bertz CT molecular complexity index is 1100. The van der Waals surface area contributed by atoms with Gasteiger partial charge in [0.25, 0.3) is 5.91 Å². The predicted molar refractivity (Wildman–Crippen MR) is 95.6 cm³/mol. The first-order chi connectivity index (χ1) is 13.0. The monoisotopic (exact) mass is 433 g/mol. The number of nitrogens with zero attached hydrogens (tertiary/aromatic N) is 1. The van der Waals surface area contributed by atoms with Crippen molar-refractivity contribution in [2.45, 2.75) is 23.6 Å². The van der Waals surface area contributed by atoms with Crippen LogP contribution < -0.4 is 4.74 Å². The highest BCUT2D eigenvalue weighted by atomic mass is 32.2. The molecule has 5 nitrogen and oxygen atoms in total. The van der Waals surface area contributed by atoms with Crippen molar-refractivity contribution < 1.29 is 37.0 Å². The average Bonchev–Trinajstić information content (AvgIpc) is 3.10. The first-order valence-electron chi connectivity index (χ1n) is 7.60. The number of aromatic hydroxyl groups is 1. The van der Waals surface area contributed by atoms with Gasteiger partial charge in [-0.15, -0.1) is 11.3 Å². The molecule has 0 aliphatic carbocycles. The van der Waals surface area contributed by atoms with Crippen molar-refractivity contribution in [1.29, 1.82) is 0 Å². The second-order valence-electron chi connectivity index (χ2n) is 5.64. The maximum Gasteiger partial charge on any atom is 0.447 e.